The molecule has 1 aliphatic rings. The average molecular weight is 154 g/mol. The Morgan fingerprint density at radius 1 is 1.73 bits per heavy atom. The summed E-state index contributed by atoms with van der Waals surface area (Å²) in [4.78, 5) is 0. The molecule has 0 unspecified atom stereocenters. The molecule has 1 rings (SSSR count). The van der Waals surface area contributed by atoms with Crippen LogP contribution in [-0.4, -0.2) is 41.9 Å². The van der Waals surface area contributed by atoms with Crippen molar-refractivity contribution < 1.29 is 14.4 Å². The van der Waals surface area contributed by atoms with E-state index >= 15 is 0 Å². The normalized spacial score (nSPS) is 17.1. The molecule has 11 heavy (non-hydrogen) atoms. The van der Waals surface area contributed by atoms with Gasteiger partial charge in [-0.3, -0.25) is 0 Å². The number of hydrogen-bond acceptors (Lipinski definition) is 2. The molecule has 0 saturated heterocycles. The Morgan fingerprint density at radius 3 is 3.09 bits per heavy atom. The zero-order chi connectivity index (χ0) is 8.10. The summed E-state index contributed by atoms with van der Waals surface area (Å²) in [5.41, 5.74) is 0. The highest BCUT2D eigenvalue weighted by Crippen LogP contribution is 1.90. The summed E-state index contributed by atoms with van der Waals surface area (Å²) in [6.45, 7) is 0.910. The van der Waals surface area contributed by atoms with E-state index in [1.807, 2.05) is 12.3 Å². The Balaban J connectivity index is 2.30. The van der Waals surface area contributed by atoms with Crippen LogP contribution in [0.4, 0.5) is 0 Å². The Hall–Kier alpha value is -0.890. The second-order valence-corrected chi connectivity index (χ2v) is 2.40. The van der Waals surface area contributed by atoms with Gasteiger partial charge < -0.3 is 9.84 Å². The van der Waals surface area contributed by atoms with Crippen LogP contribution in [0.15, 0.2) is 18.4 Å². The van der Waals surface area contributed by atoms with Crippen LogP contribution in [0.3, 0.4) is 0 Å². The molecule has 1 heterocycles. The minimum absolute atomic E-state index is 0.367. The number of rotatable bonds is 4. The third-order valence-electron chi connectivity index (χ3n) is 1.37. The smallest absolute Gasteiger partial charge is 0.185 e. The number of nitrogens with zero attached hydrogens (tertiary/aromatic N) is 1. The molecule has 1 N–H and O–H groups in total. The highest BCUT2D eigenvalue weighted by Gasteiger charge is 2.11. The molecule has 0 saturated carbocycles. The van der Waals surface area contributed by atoms with Crippen molar-refractivity contribution in [3.8, 4) is 0 Å². The van der Waals surface area contributed by atoms with Crippen molar-refractivity contribution in [2.24, 2.45) is 0 Å². The van der Waals surface area contributed by atoms with Gasteiger partial charge in [0.2, 0.25) is 0 Å². The number of allylic oxidation sites excluding steroid dienone is 2. The van der Waals surface area contributed by atoms with Crippen LogP contribution in [0.2, 0.25) is 0 Å². The summed E-state index contributed by atoms with van der Waals surface area (Å²) in [6.07, 6.45) is 5.10. The van der Waals surface area contributed by atoms with Gasteiger partial charge in [0.25, 0.3) is 0 Å². The second-order valence-electron chi connectivity index (χ2n) is 2.40. The van der Waals surface area contributed by atoms with Crippen molar-refractivity contribution in [1.29, 1.82) is 0 Å². The van der Waals surface area contributed by atoms with E-state index in [-0.39, 0.29) is 0 Å². The Labute approximate surface area is 65.9 Å². The van der Waals surface area contributed by atoms with Gasteiger partial charge in [-0.15, -0.1) is 0 Å². The first-order chi connectivity index (χ1) is 5.33. The lowest BCUT2D eigenvalue weighted by Gasteiger charge is -2.03. The Kier molecular flexibility index (Phi) is 3.05. The molecule has 0 fully saturated rings. The molecule has 0 aliphatic carbocycles. The first-order valence-electron chi connectivity index (χ1n) is 3.52. The lowest BCUT2D eigenvalue weighted by molar-refractivity contribution is -0.460. The zero-order valence-electron chi connectivity index (χ0n) is 6.53. The molecule has 0 aromatic rings. The first kappa shape index (κ1) is 8.21. The number of aliphatic hydroxyl groups excluding tert-OH is 1. The van der Waals surface area contributed by atoms with E-state index in [1.165, 1.54) is 0 Å². The SMILES string of the molecule is COC[C@@H](O)C[N+]1=C=CC=C1. The van der Waals surface area contributed by atoms with Crippen molar-refractivity contribution >= 4 is 5.87 Å². The Bertz CT molecular complexity index is 214. The van der Waals surface area contributed by atoms with Crippen LogP contribution in [0.5, 0.6) is 0 Å². The van der Waals surface area contributed by atoms with Crippen molar-refractivity contribution in [3.63, 3.8) is 0 Å². The number of hydrogen-bond donors (Lipinski definition) is 1. The molecular weight excluding hydrogens is 142 g/mol. The molecular formula is C8H12NO2+. The number of ether oxygens (including phenoxy) is 1. The van der Waals surface area contributed by atoms with Gasteiger partial charge in [0.1, 0.15) is 6.10 Å². The summed E-state index contributed by atoms with van der Waals surface area (Å²) in [6, 6.07) is 0. The summed E-state index contributed by atoms with van der Waals surface area (Å²) in [5, 5.41) is 9.26. The fraction of sp³-hybridized carbons (Fsp3) is 0.500. The van der Waals surface area contributed by atoms with Gasteiger partial charge >= 0.3 is 0 Å². The maximum absolute atomic E-state index is 9.26. The lowest BCUT2D eigenvalue weighted by atomic mass is 10.4. The maximum atomic E-state index is 9.26. The van der Waals surface area contributed by atoms with Gasteiger partial charge in [-0.2, -0.15) is 4.58 Å². The fourth-order valence-corrected chi connectivity index (χ4v) is 0.914. The van der Waals surface area contributed by atoms with Gasteiger partial charge in [0.05, 0.1) is 12.7 Å². The van der Waals surface area contributed by atoms with Crippen molar-refractivity contribution in [2.45, 2.75) is 6.10 Å². The maximum Gasteiger partial charge on any atom is 0.185 e. The summed E-state index contributed by atoms with van der Waals surface area (Å²) in [5.74, 6) is 2.93. The molecule has 3 nitrogen and oxygen atoms in total. The van der Waals surface area contributed by atoms with Crippen molar-refractivity contribution in [2.75, 3.05) is 20.3 Å². The van der Waals surface area contributed by atoms with Gasteiger partial charge in [0, 0.05) is 13.2 Å². The van der Waals surface area contributed by atoms with E-state index in [2.05, 4.69) is 5.87 Å². The van der Waals surface area contributed by atoms with E-state index in [9.17, 15) is 5.11 Å². The van der Waals surface area contributed by atoms with Crippen LogP contribution >= 0.6 is 0 Å². The van der Waals surface area contributed by atoms with Crippen LogP contribution in [0, 0.1) is 0 Å². The first-order valence-corrected chi connectivity index (χ1v) is 3.52. The largest absolute Gasteiger partial charge is 0.384 e. The zero-order valence-corrected chi connectivity index (χ0v) is 6.53. The summed E-state index contributed by atoms with van der Waals surface area (Å²) in [7, 11) is 1.57. The third kappa shape index (κ3) is 2.68. The molecule has 1 aliphatic heterocycles. The fourth-order valence-electron chi connectivity index (χ4n) is 0.914. The van der Waals surface area contributed by atoms with Crippen molar-refractivity contribution in [3.05, 3.63) is 18.4 Å². The molecule has 60 valence electrons. The van der Waals surface area contributed by atoms with Gasteiger partial charge in [-0.1, -0.05) is 0 Å². The highest BCUT2D eigenvalue weighted by atomic mass is 16.5. The van der Waals surface area contributed by atoms with E-state index in [0.717, 1.165) is 0 Å². The molecule has 0 aromatic carbocycles. The topological polar surface area (TPSA) is 32.5 Å². The number of aliphatic hydroxyl groups is 1. The molecule has 0 aromatic heterocycles. The minimum Gasteiger partial charge on any atom is -0.384 e. The molecule has 1 atom stereocenters. The summed E-state index contributed by atoms with van der Waals surface area (Å²) < 4.78 is 6.57. The van der Waals surface area contributed by atoms with Crippen LogP contribution in [-0.2, 0) is 4.74 Å². The molecule has 0 radical (unpaired) electrons. The second kappa shape index (κ2) is 4.09. The third-order valence-corrected chi connectivity index (χ3v) is 1.37. The summed E-state index contributed by atoms with van der Waals surface area (Å²) >= 11 is 0. The van der Waals surface area contributed by atoms with Crippen LogP contribution < -0.4 is 0 Å². The predicted octanol–water partition coefficient (Wildman–Crippen LogP) is -0.241. The van der Waals surface area contributed by atoms with E-state index in [4.69, 9.17) is 4.74 Å². The molecule has 3 heteroatoms. The van der Waals surface area contributed by atoms with E-state index < -0.39 is 6.10 Å². The highest BCUT2D eigenvalue weighted by molar-refractivity contribution is 5.51. The number of methoxy groups -OCH3 is 1. The standard InChI is InChI=1S/C8H12NO2/c1-11-7-8(10)6-9-4-2-3-5-9/h2-4,8,10H,6-7H2,1H3/q+1/t8-/m0/s1. The van der Waals surface area contributed by atoms with Gasteiger partial charge in [0.15, 0.2) is 18.6 Å². The average Bonchev–Trinajstić information content (AvgIpc) is 2.40. The van der Waals surface area contributed by atoms with Gasteiger partial charge in [-0.25, -0.2) is 0 Å². The molecule has 0 amide bonds. The van der Waals surface area contributed by atoms with E-state index in [1.54, 1.807) is 17.8 Å². The monoisotopic (exact) mass is 154 g/mol. The molecule has 0 spiro atoms. The van der Waals surface area contributed by atoms with Gasteiger partial charge in [-0.05, 0) is 0 Å². The number of β-amino-alcohol motifs (C(OH)–C–C–N with tert-alkyl or cyclic N) is 1. The Morgan fingerprint density at radius 2 is 2.55 bits per heavy atom. The van der Waals surface area contributed by atoms with Crippen LogP contribution in [0.1, 0.15) is 0 Å². The quantitative estimate of drug-likeness (QED) is 0.567. The minimum atomic E-state index is -0.441. The van der Waals surface area contributed by atoms with E-state index in [0.29, 0.717) is 13.2 Å². The molecule has 0 bridgehead atoms. The van der Waals surface area contributed by atoms with Crippen molar-refractivity contribution in [1.82, 2.24) is 0 Å². The lowest BCUT2D eigenvalue weighted by Crippen LogP contribution is -2.24. The van der Waals surface area contributed by atoms with Crippen LogP contribution in [0.25, 0.3) is 0 Å². The predicted molar refractivity (Wildman–Crippen MR) is 41.7 cm³/mol.